The van der Waals surface area contributed by atoms with Gasteiger partial charge in [-0.15, -0.1) is 0 Å². The highest BCUT2D eigenvalue weighted by atomic mass is 16.7. The average molecular weight is 740 g/mol. The SMILES string of the molecule is CC[C@H]1OC(=O)C(C)C(=O)[C@H](C)[C@@H](O[C@@H]2O[C@H](CNC(=O)CN(C)C3CC3)CC(N(C)C)C2O)[C@](C)(OC)C[C@@H](C)CN[C@H](C)[C@H]2NC(=O)O[C@@]21C. The van der Waals surface area contributed by atoms with Crippen molar-refractivity contribution < 1.29 is 48.0 Å². The molecule has 4 fully saturated rings. The smallest absolute Gasteiger partial charge is 0.408 e. The minimum Gasteiger partial charge on any atom is -0.458 e. The number of methoxy groups -OCH3 is 1. The lowest BCUT2D eigenvalue weighted by atomic mass is 9.78. The molecular weight excluding hydrogens is 674 g/mol. The summed E-state index contributed by atoms with van der Waals surface area (Å²) in [6.07, 6.45) is -1.70. The summed E-state index contributed by atoms with van der Waals surface area (Å²) in [5.41, 5.74) is -2.27. The molecule has 2 amide bonds. The number of hydrogen-bond acceptors (Lipinski definition) is 13. The summed E-state index contributed by atoms with van der Waals surface area (Å²) in [5.74, 6) is -3.38. The largest absolute Gasteiger partial charge is 0.458 e. The first-order valence-corrected chi connectivity index (χ1v) is 19.0. The third-order valence-corrected chi connectivity index (χ3v) is 11.8. The van der Waals surface area contributed by atoms with Crippen LogP contribution >= 0.6 is 0 Å². The monoisotopic (exact) mass is 739 g/mol. The van der Waals surface area contributed by atoms with E-state index in [-0.39, 0.29) is 37.0 Å². The van der Waals surface area contributed by atoms with Crippen molar-refractivity contribution in [1.82, 2.24) is 25.8 Å². The lowest BCUT2D eigenvalue weighted by molar-refractivity contribution is -0.296. The predicted molar refractivity (Wildman–Crippen MR) is 192 cm³/mol. The van der Waals surface area contributed by atoms with E-state index >= 15 is 0 Å². The first-order valence-electron chi connectivity index (χ1n) is 19.0. The Morgan fingerprint density at radius 3 is 2.37 bits per heavy atom. The summed E-state index contributed by atoms with van der Waals surface area (Å²) < 4.78 is 31.0. The van der Waals surface area contributed by atoms with Gasteiger partial charge in [-0.3, -0.25) is 19.3 Å². The summed E-state index contributed by atoms with van der Waals surface area (Å²) in [5, 5.41) is 21.0. The Morgan fingerprint density at radius 1 is 1.10 bits per heavy atom. The van der Waals surface area contributed by atoms with Crippen molar-refractivity contribution in [3.05, 3.63) is 0 Å². The molecule has 0 spiro atoms. The molecule has 3 heterocycles. The van der Waals surface area contributed by atoms with Crippen LogP contribution in [0.1, 0.15) is 80.6 Å². The fourth-order valence-corrected chi connectivity index (χ4v) is 8.31. The molecule has 3 unspecified atom stereocenters. The minimum atomic E-state index is -1.19. The molecule has 4 rings (SSSR count). The van der Waals surface area contributed by atoms with Crippen LogP contribution < -0.4 is 16.0 Å². The number of nitrogens with one attached hydrogen (secondary N) is 3. The van der Waals surface area contributed by atoms with Crippen LogP contribution in [0, 0.1) is 17.8 Å². The number of Topliss-reactive ketones (excluding diaryl/α,β-unsaturated/α-hetero) is 1. The van der Waals surface area contributed by atoms with E-state index in [4.69, 9.17) is 23.7 Å². The molecule has 1 aliphatic carbocycles. The quantitative estimate of drug-likeness (QED) is 0.187. The third kappa shape index (κ3) is 9.63. The van der Waals surface area contributed by atoms with Gasteiger partial charge in [-0.25, -0.2) is 4.79 Å². The Labute approximate surface area is 309 Å². The highest BCUT2D eigenvalue weighted by molar-refractivity contribution is 6.00. The van der Waals surface area contributed by atoms with Gasteiger partial charge < -0.3 is 49.6 Å². The molecule has 0 aromatic rings. The van der Waals surface area contributed by atoms with Crippen LogP contribution in [0.3, 0.4) is 0 Å². The zero-order valence-electron chi connectivity index (χ0n) is 33.1. The molecule has 15 nitrogen and oxygen atoms in total. The van der Waals surface area contributed by atoms with E-state index in [1.807, 2.05) is 51.7 Å². The number of amides is 2. The van der Waals surface area contributed by atoms with Crippen molar-refractivity contribution in [2.45, 2.75) is 147 Å². The van der Waals surface area contributed by atoms with E-state index < -0.39 is 77.6 Å². The second kappa shape index (κ2) is 17.4. The van der Waals surface area contributed by atoms with Gasteiger partial charge in [0.1, 0.15) is 18.1 Å². The highest BCUT2D eigenvalue weighted by Gasteiger charge is 2.55. The van der Waals surface area contributed by atoms with Crippen molar-refractivity contribution in [3.63, 3.8) is 0 Å². The third-order valence-electron chi connectivity index (χ3n) is 11.8. The summed E-state index contributed by atoms with van der Waals surface area (Å²) in [6, 6.07) is -0.706. The molecule has 3 saturated heterocycles. The maximum absolute atomic E-state index is 14.3. The fourth-order valence-electron chi connectivity index (χ4n) is 8.31. The van der Waals surface area contributed by atoms with Gasteiger partial charge in [-0.1, -0.05) is 20.8 Å². The van der Waals surface area contributed by atoms with Gasteiger partial charge in [0.05, 0.1) is 30.4 Å². The molecule has 0 aromatic heterocycles. The number of alkyl carbamates (subject to hydrolysis) is 1. The summed E-state index contributed by atoms with van der Waals surface area (Å²) >= 11 is 0. The molecule has 298 valence electrons. The van der Waals surface area contributed by atoms with Gasteiger partial charge in [-0.2, -0.15) is 0 Å². The lowest BCUT2D eigenvalue weighted by Gasteiger charge is -2.47. The van der Waals surface area contributed by atoms with Gasteiger partial charge in [0.2, 0.25) is 5.91 Å². The van der Waals surface area contributed by atoms with E-state index in [0.717, 1.165) is 12.8 Å². The average Bonchev–Trinajstić information content (AvgIpc) is 3.90. The molecule has 52 heavy (non-hydrogen) atoms. The standard InChI is InChI=1S/C37H65N5O10/c1-12-27-37(7)31(40-35(47)52-37)23(5)38-17-20(2)16-36(6,48-11)32(21(3)29(44)22(4)33(46)50-27)51-34-30(45)26(41(8)9)15-25(49-34)18-39-28(43)19-42(10)24-13-14-24/h20-27,30-32,34,38,45H,12-19H2,1-11H3,(H,39,43)(H,40,47)/t20-,21+,22?,23-,25+,26?,27-,30?,31-,32-,34+,36-,37-/m1/s1. The molecule has 4 N–H and O–H groups in total. The number of ether oxygens (including phenoxy) is 5. The van der Waals surface area contributed by atoms with Crippen LogP contribution in [-0.2, 0) is 38.1 Å². The topological polar surface area (TPSA) is 177 Å². The number of carbonyl (C=O) groups excluding carboxylic acids is 4. The number of hydrogen-bond donors (Lipinski definition) is 4. The molecule has 0 radical (unpaired) electrons. The molecule has 15 heteroatoms. The van der Waals surface area contributed by atoms with Crippen molar-refractivity contribution in [3.8, 4) is 0 Å². The number of rotatable bonds is 10. The van der Waals surface area contributed by atoms with Gasteiger partial charge in [0.25, 0.3) is 0 Å². The van der Waals surface area contributed by atoms with E-state index in [1.54, 1.807) is 21.0 Å². The maximum atomic E-state index is 14.3. The number of fused-ring (bicyclic) bond motifs is 1. The Balaban J connectivity index is 1.62. The molecule has 1 saturated carbocycles. The Kier molecular flexibility index (Phi) is 14.2. The van der Waals surface area contributed by atoms with Crippen LogP contribution in [0.4, 0.5) is 4.79 Å². The summed E-state index contributed by atoms with van der Waals surface area (Å²) in [4.78, 5) is 57.2. The van der Waals surface area contributed by atoms with Gasteiger partial charge >= 0.3 is 12.1 Å². The predicted octanol–water partition coefficient (Wildman–Crippen LogP) is 1.44. The second-order valence-corrected chi connectivity index (χ2v) is 16.4. The number of cyclic esters (lactones) is 1. The van der Waals surface area contributed by atoms with E-state index in [2.05, 4.69) is 22.9 Å². The number of aliphatic hydroxyl groups is 1. The van der Waals surface area contributed by atoms with Crippen LogP contribution in [0.2, 0.25) is 0 Å². The first kappa shape index (κ1) is 42.3. The van der Waals surface area contributed by atoms with Crippen molar-refractivity contribution in [2.24, 2.45) is 17.8 Å². The summed E-state index contributed by atoms with van der Waals surface area (Å²) in [6.45, 7) is 13.7. The highest BCUT2D eigenvalue weighted by Crippen LogP contribution is 2.38. The fraction of sp³-hybridized carbons (Fsp3) is 0.892. The van der Waals surface area contributed by atoms with E-state index in [1.165, 1.54) is 6.92 Å². The molecule has 0 aromatic carbocycles. The molecule has 0 bridgehead atoms. The van der Waals surface area contributed by atoms with Crippen molar-refractivity contribution in [2.75, 3.05) is 47.9 Å². The van der Waals surface area contributed by atoms with Crippen molar-refractivity contribution >= 4 is 23.8 Å². The minimum absolute atomic E-state index is 0.0176. The van der Waals surface area contributed by atoms with Crippen LogP contribution in [0.25, 0.3) is 0 Å². The zero-order valence-corrected chi connectivity index (χ0v) is 33.1. The lowest BCUT2D eigenvalue weighted by Crippen LogP contribution is -2.60. The maximum Gasteiger partial charge on any atom is 0.408 e. The van der Waals surface area contributed by atoms with Crippen molar-refractivity contribution in [1.29, 1.82) is 0 Å². The van der Waals surface area contributed by atoms with Gasteiger partial charge in [-0.05, 0) is 93.4 Å². The van der Waals surface area contributed by atoms with E-state index in [9.17, 15) is 24.3 Å². The molecular formula is C37H65N5O10. The molecule has 3 aliphatic heterocycles. The normalized spacial score (nSPS) is 41.0. The number of ketones is 1. The number of carbonyl (C=O) groups is 4. The van der Waals surface area contributed by atoms with Crippen LogP contribution in [0.15, 0.2) is 0 Å². The van der Waals surface area contributed by atoms with Gasteiger partial charge in [0, 0.05) is 37.7 Å². The Bertz CT molecular complexity index is 1270. The second-order valence-electron chi connectivity index (χ2n) is 16.4. The zero-order chi connectivity index (χ0) is 38.7. The van der Waals surface area contributed by atoms with Gasteiger partial charge in [0.15, 0.2) is 17.7 Å². The number of nitrogens with zero attached hydrogens (tertiary/aromatic N) is 2. The Morgan fingerprint density at radius 2 is 1.77 bits per heavy atom. The summed E-state index contributed by atoms with van der Waals surface area (Å²) in [7, 11) is 7.23. The Hall–Kier alpha value is -2.40. The molecule has 13 atom stereocenters. The number of esters is 1. The first-order chi connectivity index (χ1) is 24.3. The number of aliphatic hydroxyl groups excluding tert-OH is 1. The van der Waals surface area contributed by atoms with Crippen LogP contribution in [0.5, 0.6) is 0 Å². The number of likely N-dealkylation sites (N-methyl/N-ethyl adjacent to an activating group) is 2. The van der Waals surface area contributed by atoms with Crippen LogP contribution in [-0.4, -0.2) is 153 Å². The van der Waals surface area contributed by atoms with E-state index in [0.29, 0.717) is 31.8 Å². The molecule has 4 aliphatic rings.